The SMILES string of the molecule is CC(C)c1cc(F)c(C2c3[nH]c4ccccc4c3CCN2CC(C)(C)F)c(F)c1. The number of alkyl halides is 1. The molecule has 2 nitrogen and oxygen atoms in total. The van der Waals surface area contributed by atoms with Gasteiger partial charge in [-0.25, -0.2) is 13.2 Å². The minimum Gasteiger partial charge on any atom is -0.357 e. The average molecular weight is 400 g/mol. The zero-order valence-corrected chi connectivity index (χ0v) is 17.3. The van der Waals surface area contributed by atoms with Crippen LogP contribution in [0.15, 0.2) is 36.4 Å². The van der Waals surface area contributed by atoms with E-state index >= 15 is 8.78 Å². The van der Waals surface area contributed by atoms with Crippen LogP contribution in [0.4, 0.5) is 13.2 Å². The van der Waals surface area contributed by atoms with Crippen LogP contribution in [-0.4, -0.2) is 28.6 Å². The van der Waals surface area contributed by atoms with Gasteiger partial charge in [0, 0.05) is 35.2 Å². The first-order chi connectivity index (χ1) is 13.7. The third-order valence-electron chi connectivity index (χ3n) is 5.75. The molecule has 0 bridgehead atoms. The maximum absolute atomic E-state index is 15.2. The number of nitrogens with zero attached hydrogens (tertiary/aromatic N) is 1. The van der Waals surface area contributed by atoms with E-state index in [1.807, 2.05) is 43.0 Å². The van der Waals surface area contributed by atoms with Gasteiger partial charge in [0.25, 0.3) is 0 Å². The van der Waals surface area contributed by atoms with Crippen LogP contribution in [0, 0.1) is 11.6 Å². The molecule has 0 saturated heterocycles. The first-order valence-corrected chi connectivity index (χ1v) is 10.2. The summed E-state index contributed by atoms with van der Waals surface area (Å²) in [6.45, 7) is 7.44. The molecule has 1 N–H and O–H groups in total. The van der Waals surface area contributed by atoms with Gasteiger partial charge in [-0.2, -0.15) is 0 Å². The van der Waals surface area contributed by atoms with Crippen molar-refractivity contribution in [3.63, 3.8) is 0 Å². The van der Waals surface area contributed by atoms with Crippen molar-refractivity contribution in [1.82, 2.24) is 9.88 Å². The number of aromatic amines is 1. The van der Waals surface area contributed by atoms with Crippen molar-refractivity contribution in [3.8, 4) is 0 Å². The minimum atomic E-state index is -1.48. The van der Waals surface area contributed by atoms with Crippen LogP contribution >= 0.6 is 0 Å². The average Bonchev–Trinajstić information content (AvgIpc) is 3.00. The van der Waals surface area contributed by atoms with Gasteiger partial charge in [0.15, 0.2) is 0 Å². The smallest absolute Gasteiger partial charge is 0.131 e. The summed E-state index contributed by atoms with van der Waals surface area (Å²) in [7, 11) is 0. The highest BCUT2D eigenvalue weighted by Gasteiger charge is 2.37. The molecule has 0 amide bonds. The lowest BCUT2D eigenvalue weighted by molar-refractivity contribution is 0.0962. The second kappa shape index (κ2) is 7.21. The summed E-state index contributed by atoms with van der Waals surface area (Å²) in [5.74, 6) is -1.14. The van der Waals surface area contributed by atoms with Crippen LogP contribution in [-0.2, 0) is 6.42 Å². The third kappa shape index (κ3) is 3.68. The van der Waals surface area contributed by atoms with E-state index in [0.717, 1.165) is 22.2 Å². The molecule has 0 saturated carbocycles. The normalized spacial score (nSPS) is 17.9. The summed E-state index contributed by atoms with van der Waals surface area (Å²) in [6.07, 6.45) is 0.708. The first-order valence-electron chi connectivity index (χ1n) is 10.2. The number of halogens is 3. The molecule has 2 heterocycles. The van der Waals surface area contributed by atoms with Crippen molar-refractivity contribution < 1.29 is 13.2 Å². The van der Waals surface area contributed by atoms with Crippen molar-refractivity contribution in [2.45, 2.75) is 51.7 Å². The fourth-order valence-corrected chi connectivity index (χ4v) is 4.47. The monoisotopic (exact) mass is 400 g/mol. The number of para-hydroxylation sites is 1. The Bertz CT molecular complexity index is 1020. The molecule has 0 aliphatic carbocycles. The van der Waals surface area contributed by atoms with Crippen LogP contribution in [0.25, 0.3) is 10.9 Å². The number of hydrogen-bond acceptors (Lipinski definition) is 1. The number of fused-ring (bicyclic) bond motifs is 3. The van der Waals surface area contributed by atoms with Crippen LogP contribution in [0.5, 0.6) is 0 Å². The van der Waals surface area contributed by atoms with Gasteiger partial charge in [0.1, 0.15) is 17.3 Å². The lowest BCUT2D eigenvalue weighted by Gasteiger charge is -2.38. The van der Waals surface area contributed by atoms with Crippen LogP contribution in [0.3, 0.4) is 0 Å². The van der Waals surface area contributed by atoms with Crippen LogP contribution in [0.1, 0.15) is 62.0 Å². The standard InChI is InChI=1S/C24H27F3N2/c1-14(2)15-11-18(25)21(19(26)12-15)23-22-17(9-10-29(23)13-24(3,4)27)16-7-5-6-8-20(16)28-22/h5-8,11-12,14,23,28H,9-10,13H2,1-4H3. The Labute approximate surface area is 169 Å². The van der Waals surface area contributed by atoms with Crippen molar-refractivity contribution in [3.05, 3.63) is 70.4 Å². The molecule has 1 aliphatic heterocycles. The van der Waals surface area contributed by atoms with Gasteiger partial charge in [0.2, 0.25) is 0 Å². The Morgan fingerprint density at radius 2 is 1.79 bits per heavy atom. The predicted octanol–water partition coefficient (Wildman–Crippen LogP) is 6.27. The van der Waals surface area contributed by atoms with E-state index in [2.05, 4.69) is 4.98 Å². The molecule has 1 aliphatic rings. The molecule has 154 valence electrons. The van der Waals surface area contributed by atoms with Gasteiger partial charge >= 0.3 is 0 Å². The van der Waals surface area contributed by atoms with Crippen LogP contribution < -0.4 is 0 Å². The predicted molar refractivity (Wildman–Crippen MR) is 111 cm³/mol. The summed E-state index contributed by atoms with van der Waals surface area (Å²) >= 11 is 0. The van der Waals surface area contributed by atoms with E-state index in [1.165, 1.54) is 26.0 Å². The summed E-state index contributed by atoms with van der Waals surface area (Å²) in [4.78, 5) is 5.23. The molecule has 4 rings (SSSR count). The molecule has 29 heavy (non-hydrogen) atoms. The highest BCUT2D eigenvalue weighted by Crippen LogP contribution is 2.41. The molecule has 0 spiro atoms. The fourth-order valence-electron chi connectivity index (χ4n) is 4.47. The molecule has 1 aromatic heterocycles. The van der Waals surface area contributed by atoms with Gasteiger partial charge in [-0.05, 0) is 55.5 Å². The topological polar surface area (TPSA) is 19.0 Å². The summed E-state index contributed by atoms with van der Waals surface area (Å²) < 4.78 is 45.0. The molecule has 1 atom stereocenters. The Morgan fingerprint density at radius 1 is 1.14 bits per heavy atom. The summed E-state index contributed by atoms with van der Waals surface area (Å²) in [5, 5.41) is 1.06. The number of aromatic nitrogens is 1. The van der Waals surface area contributed by atoms with Gasteiger partial charge in [0.05, 0.1) is 6.04 Å². The number of hydrogen-bond donors (Lipinski definition) is 1. The summed E-state index contributed by atoms with van der Waals surface area (Å²) in [5.41, 5.74) is 1.89. The number of nitrogens with one attached hydrogen (secondary N) is 1. The fraction of sp³-hybridized carbons (Fsp3) is 0.417. The van der Waals surface area contributed by atoms with Gasteiger partial charge in [-0.3, -0.25) is 4.90 Å². The second-order valence-electron chi connectivity index (χ2n) is 8.96. The van der Waals surface area contributed by atoms with E-state index in [9.17, 15) is 4.39 Å². The molecule has 2 aromatic carbocycles. The molecular formula is C24H27F3N2. The van der Waals surface area contributed by atoms with Crippen molar-refractivity contribution in [2.75, 3.05) is 13.1 Å². The van der Waals surface area contributed by atoms with Crippen LogP contribution in [0.2, 0.25) is 0 Å². The quantitative estimate of drug-likeness (QED) is 0.547. The Balaban J connectivity index is 1.92. The number of rotatable bonds is 4. The Kier molecular flexibility index (Phi) is 4.97. The number of benzene rings is 2. The molecular weight excluding hydrogens is 373 g/mol. The Hall–Kier alpha value is -2.27. The molecule has 3 aromatic rings. The maximum atomic E-state index is 15.2. The van der Waals surface area contributed by atoms with Crippen molar-refractivity contribution in [2.24, 2.45) is 0 Å². The van der Waals surface area contributed by atoms with E-state index in [-0.39, 0.29) is 18.0 Å². The second-order valence-corrected chi connectivity index (χ2v) is 8.96. The molecule has 5 heteroatoms. The zero-order chi connectivity index (χ0) is 20.9. The highest BCUT2D eigenvalue weighted by molar-refractivity contribution is 5.85. The molecule has 0 radical (unpaired) electrons. The largest absolute Gasteiger partial charge is 0.357 e. The van der Waals surface area contributed by atoms with Gasteiger partial charge < -0.3 is 4.98 Å². The minimum absolute atomic E-state index is 0.00819. The Morgan fingerprint density at radius 3 is 2.41 bits per heavy atom. The zero-order valence-electron chi connectivity index (χ0n) is 17.3. The molecule has 1 unspecified atom stereocenters. The van der Waals surface area contributed by atoms with Gasteiger partial charge in [-0.1, -0.05) is 32.0 Å². The third-order valence-corrected chi connectivity index (χ3v) is 5.75. The van der Waals surface area contributed by atoms with E-state index < -0.39 is 23.3 Å². The van der Waals surface area contributed by atoms with Crippen molar-refractivity contribution >= 4 is 10.9 Å². The maximum Gasteiger partial charge on any atom is 0.131 e. The van der Waals surface area contributed by atoms with E-state index in [4.69, 9.17) is 0 Å². The molecule has 0 fully saturated rings. The van der Waals surface area contributed by atoms with E-state index in [1.54, 1.807) is 0 Å². The first kappa shape index (κ1) is 20.0. The lowest BCUT2D eigenvalue weighted by Crippen LogP contribution is -2.43. The van der Waals surface area contributed by atoms with Gasteiger partial charge in [-0.15, -0.1) is 0 Å². The number of H-pyrrole nitrogens is 1. The lowest BCUT2D eigenvalue weighted by atomic mass is 9.89. The highest BCUT2D eigenvalue weighted by atomic mass is 19.1. The van der Waals surface area contributed by atoms with E-state index in [0.29, 0.717) is 18.5 Å². The summed E-state index contributed by atoms with van der Waals surface area (Å²) in [6, 6.07) is 10.0. The van der Waals surface area contributed by atoms with Crippen molar-refractivity contribution in [1.29, 1.82) is 0 Å².